The lowest BCUT2D eigenvalue weighted by atomic mass is 9.79. The summed E-state index contributed by atoms with van der Waals surface area (Å²) in [4.78, 5) is 32.5. The Labute approximate surface area is 182 Å². The second-order valence-electron chi connectivity index (χ2n) is 10.7. The molecule has 3 rings (SSSR count). The average molecular weight is 423 g/mol. The SMILES string of the molecule is CN(CC1(N2CCOCC2)CCCCC1)C(=O)CC1C(=O)NCCN1CC(C)(C)C. The molecule has 1 aliphatic carbocycles. The number of morpholine rings is 1. The van der Waals surface area contributed by atoms with Gasteiger partial charge in [0.05, 0.1) is 25.7 Å². The molecule has 2 amide bonds. The summed E-state index contributed by atoms with van der Waals surface area (Å²) < 4.78 is 5.58. The van der Waals surface area contributed by atoms with Crippen LogP contribution >= 0.6 is 0 Å². The standard InChI is InChI=1S/C23H42N4O3/c1-22(2,3)17-26-11-10-24-21(29)19(26)16-20(28)25(4)18-23(8-6-5-7-9-23)27-12-14-30-15-13-27/h19H,5-18H2,1-4H3,(H,24,29). The summed E-state index contributed by atoms with van der Waals surface area (Å²) in [6.07, 6.45) is 6.29. The number of rotatable bonds is 6. The summed E-state index contributed by atoms with van der Waals surface area (Å²) in [5.74, 6) is 0.0713. The van der Waals surface area contributed by atoms with Crippen LogP contribution in [0.15, 0.2) is 0 Å². The number of hydrogen-bond acceptors (Lipinski definition) is 5. The van der Waals surface area contributed by atoms with Crippen molar-refractivity contribution in [3.8, 4) is 0 Å². The third-order valence-electron chi connectivity index (χ3n) is 6.91. The molecule has 1 N–H and O–H groups in total. The van der Waals surface area contributed by atoms with E-state index in [9.17, 15) is 9.59 Å². The maximum atomic E-state index is 13.2. The van der Waals surface area contributed by atoms with Crippen molar-refractivity contribution >= 4 is 11.8 Å². The van der Waals surface area contributed by atoms with Gasteiger partial charge in [-0.05, 0) is 18.3 Å². The normalized spacial score (nSPS) is 26.3. The molecular formula is C23H42N4O3. The molecule has 0 aromatic carbocycles. The first-order chi connectivity index (χ1) is 14.2. The van der Waals surface area contributed by atoms with Crippen molar-refractivity contribution in [1.29, 1.82) is 0 Å². The van der Waals surface area contributed by atoms with E-state index in [4.69, 9.17) is 4.74 Å². The van der Waals surface area contributed by atoms with E-state index in [1.807, 2.05) is 11.9 Å². The van der Waals surface area contributed by atoms with Crippen molar-refractivity contribution in [1.82, 2.24) is 20.0 Å². The molecule has 0 spiro atoms. The molecule has 2 aliphatic heterocycles. The molecular weight excluding hydrogens is 380 g/mol. The molecule has 7 nitrogen and oxygen atoms in total. The van der Waals surface area contributed by atoms with Crippen molar-refractivity contribution in [2.45, 2.75) is 70.9 Å². The van der Waals surface area contributed by atoms with Gasteiger partial charge in [-0.25, -0.2) is 0 Å². The van der Waals surface area contributed by atoms with E-state index in [2.05, 4.69) is 35.9 Å². The Hall–Kier alpha value is -1.18. The van der Waals surface area contributed by atoms with Crippen molar-refractivity contribution in [3.05, 3.63) is 0 Å². The van der Waals surface area contributed by atoms with Crippen LogP contribution in [-0.2, 0) is 14.3 Å². The van der Waals surface area contributed by atoms with Crippen molar-refractivity contribution in [3.63, 3.8) is 0 Å². The second kappa shape index (κ2) is 9.96. The zero-order valence-electron chi connectivity index (χ0n) is 19.5. The number of carbonyl (C=O) groups excluding carboxylic acids is 2. The topological polar surface area (TPSA) is 65.1 Å². The molecule has 30 heavy (non-hydrogen) atoms. The van der Waals surface area contributed by atoms with Crippen LogP contribution in [0.4, 0.5) is 0 Å². The summed E-state index contributed by atoms with van der Waals surface area (Å²) in [6, 6.07) is -0.362. The van der Waals surface area contributed by atoms with Crippen LogP contribution in [-0.4, -0.2) is 97.6 Å². The van der Waals surface area contributed by atoms with E-state index in [1.54, 1.807) is 0 Å². The number of nitrogens with zero attached hydrogens (tertiary/aromatic N) is 3. The summed E-state index contributed by atoms with van der Waals surface area (Å²) in [5, 5.41) is 2.96. The molecule has 0 radical (unpaired) electrons. The lowest BCUT2D eigenvalue weighted by Gasteiger charge is -2.49. The molecule has 2 saturated heterocycles. The van der Waals surface area contributed by atoms with E-state index in [0.29, 0.717) is 6.54 Å². The predicted octanol–water partition coefficient (Wildman–Crippen LogP) is 1.72. The molecule has 0 aromatic rings. The van der Waals surface area contributed by atoms with Crippen LogP contribution in [0.1, 0.15) is 59.3 Å². The molecule has 3 fully saturated rings. The first-order valence-electron chi connectivity index (χ1n) is 11.8. The monoisotopic (exact) mass is 422 g/mol. The zero-order chi connectivity index (χ0) is 21.8. The first kappa shape index (κ1) is 23.5. The molecule has 1 atom stereocenters. The van der Waals surface area contributed by atoms with Gasteiger partial charge in [0.15, 0.2) is 0 Å². The lowest BCUT2D eigenvalue weighted by Crippen LogP contribution is -2.61. The van der Waals surface area contributed by atoms with Gasteiger partial charge in [0.25, 0.3) is 0 Å². The van der Waals surface area contributed by atoms with Gasteiger partial charge in [0, 0.05) is 51.9 Å². The number of nitrogens with one attached hydrogen (secondary N) is 1. The van der Waals surface area contributed by atoms with Crippen LogP contribution in [0.2, 0.25) is 0 Å². The predicted molar refractivity (Wildman–Crippen MR) is 118 cm³/mol. The average Bonchev–Trinajstić information content (AvgIpc) is 2.70. The van der Waals surface area contributed by atoms with Gasteiger partial charge >= 0.3 is 0 Å². The highest BCUT2D eigenvalue weighted by atomic mass is 16.5. The van der Waals surface area contributed by atoms with Crippen molar-refractivity contribution in [2.75, 3.05) is 59.5 Å². The minimum absolute atomic E-state index is 0.00666. The third kappa shape index (κ3) is 5.95. The van der Waals surface area contributed by atoms with Gasteiger partial charge in [0.1, 0.15) is 0 Å². The maximum absolute atomic E-state index is 13.2. The Balaban J connectivity index is 1.66. The minimum atomic E-state index is -0.362. The van der Waals surface area contributed by atoms with Crippen LogP contribution in [0.25, 0.3) is 0 Å². The van der Waals surface area contributed by atoms with Gasteiger partial charge < -0.3 is 15.0 Å². The Morgan fingerprint density at radius 3 is 2.47 bits per heavy atom. The molecule has 172 valence electrons. The number of carbonyl (C=O) groups is 2. The largest absolute Gasteiger partial charge is 0.379 e. The lowest BCUT2D eigenvalue weighted by molar-refractivity contribution is -0.140. The van der Waals surface area contributed by atoms with Crippen molar-refractivity contribution in [2.24, 2.45) is 5.41 Å². The highest BCUT2D eigenvalue weighted by Crippen LogP contribution is 2.35. The van der Waals surface area contributed by atoms with E-state index in [0.717, 1.165) is 58.8 Å². The Bertz CT molecular complexity index is 592. The first-order valence-corrected chi connectivity index (χ1v) is 11.8. The summed E-state index contributed by atoms with van der Waals surface area (Å²) >= 11 is 0. The molecule has 2 heterocycles. The maximum Gasteiger partial charge on any atom is 0.237 e. The number of likely N-dealkylation sites (N-methyl/N-ethyl adjacent to an activating group) is 1. The number of piperazine rings is 1. The fraction of sp³-hybridized carbons (Fsp3) is 0.913. The molecule has 1 saturated carbocycles. The van der Waals surface area contributed by atoms with Crippen LogP contribution < -0.4 is 5.32 Å². The minimum Gasteiger partial charge on any atom is -0.379 e. The van der Waals surface area contributed by atoms with E-state index >= 15 is 0 Å². The second-order valence-corrected chi connectivity index (χ2v) is 10.7. The number of ether oxygens (including phenoxy) is 1. The van der Waals surface area contributed by atoms with Gasteiger partial charge in [-0.15, -0.1) is 0 Å². The van der Waals surface area contributed by atoms with E-state index in [1.165, 1.54) is 19.3 Å². The summed E-state index contributed by atoms with van der Waals surface area (Å²) in [6.45, 7) is 13.0. The molecule has 0 aromatic heterocycles. The molecule has 7 heteroatoms. The molecule has 3 aliphatic rings. The Morgan fingerprint density at radius 2 is 1.83 bits per heavy atom. The molecule has 1 unspecified atom stereocenters. The van der Waals surface area contributed by atoms with E-state index in [-0.39, 0.29) is 35.2 Å². The summed E-state index contributed by atoms with van der Waals surface area (Å²) in [7, 11) is 1.92. The van der Waals surface area contributed by atoms with Gasteiger partial charge in [-0.2, -0.15) is 0 Å². The zero-order valence-corrected chi connectivity index (χ0v) is 19.5. The number of amides is 2. The fourth-order valence-corrected chi connectivity index (χ4v) is 5.46. The summed E-state index contributed by atoms with van der Waals surface area (Å²) in [5.41, 5.74) is 0.152. The van der Waals surface area contributed by atoms with Gasteiger partial charge in [-0.1, -0.05) is 40.0 Å². The highest BCUT2D eigenvalue weighted by molar-refractivity contribution is 5.88. The highest BCUT2D eigenvalue weighted by Gasteiger charge is 2.41. The van der Waals surface area contributed by atoms with E-state index < -0.39 is 0 Å². The third-order valence-corrected chi connectivity index (χ3v) is 6.91. The Kier molecular flexibility index (Phi) is 7.80. The fourth-order valence-electron chi connectivity index (χ4n) is 5.46. The smallest absolute Gasteiger partial charge is 0.237 e. The van der Waals surface area contributed by atoms with Crippen LogP contribution in [0, 0.1) is 5.41 Å². The van der Waals surface area contributed by atoms with Gasteiger partial charge in [-0.3, -0.25) is 19.4 Å². The van der Waals surface area contributed by atoms with Crippen LogP contribution in [0.5, 0.6) is 0 Å². The quantitative estimate of drug-likeness (QED) is 0.706. The van der Waals surface area contributed by atoms with Crippen molar-refractivity contribution < 1.29 is 14.3 Å². The molecule has 0 bridgehead atoms. The Morgan fingerprint density at radius 1 is 1.17 bits per heavy atom. The van der Waals surface area contributed by atoms with Gasteiger partial charge in [0.2, 0.25) is 11.8 Å². The number of hydrogen-bond donors (Lipinski definition) is 1. The van der Waals surface area contributed by atoms with Crippen LogP contribution in [0.3, 0.4) is 0 Å².